The molecular weight excluding hydrogens is 212 g/mol. The monoisotopic (exact) mass is 228 g/mol. The van der Waals surface area contributed by atoms with Crippen LogP contribution in [0.15, 0.2) is 6.33 Å². The first-order valence-corrected chi connectivity index (χ1v) is 5.48. The molecule has 0 bridgehead atoms. The molecule has 4 nitrogen and oxygen atoms in total. The standard InChI is InChI=1S/C10H17ClN4/c1-4-7(5-2)15(3)10-8(11)9(12)13-6-14-10/h6-7H,4-5H2,1-3H3,(H2,12,13,14). The molecule has 15 heavy (non-hydrogen) atoms. The number of nitrogen functional groups attached to an aromatic ring is 1. The fourth-order valence-corrected chi connectivity index (χ4v) is 1.86. The molecule has 0 aliphatic carbocycles. The van der Waals surface area contributed by atoms with Crippen molar-refractivity contribution in [1.82, 2.24) is 9.97 Å². The van der Waals surface area contributed by atoms with Gasteiger partial charge < -0.3 is 10.6 Å². The number of rotatable bonds is 4. The van der Waals surface area contributed by atoms with Gasteiger partial charge in [-0.15, -0.1) is 0 Å². The molecule has 5 heteroatoms. The van der Waals surface area contributed by atoms with Crippen LogP contribution < -0.4 is 10.6 Å². The molecule has 0 radical (unpaired) electrons. The highest BCUT2D eigenvalue weighted by Gasteiger charge is 2.16. The minimum absolute atomic E-state index is 0.333. The number of anilines is 2. The van der Waals surface area contributed by atoms with Crippen LogP contribution in [0, 0.1) is 0 Å². The second-order valence-electron chi connectivity index (χ2n) is 3.48. The highest BCUT2D eigenvalue weighted by molar-refractivity contribution is 6.35. The van der Waals surface area contributed by atoms with E-state index < -0.39 is 0 Å². The van der Waals surface area contributed by atoms with Crippen LogP contribution in [0.5, 0.6) is 0 Å². The van der Waals surface area contributed by atoms with Gasteiger partial charge in [0.2, 0.25) is 0 Å². The molecule has 1 rings (SSSR count). The number of nitrogens with zero attached hydrogens (tertiary/aromatic N) is 3. The second-order valence-corrected chi connectivity index (χ2v) is 3.86. The number of hydrogen-bond acceptors (Lipinski definition) is 4. The molecular formula is C10H17ClN4. The molecule has 1 heterocycles. The average molecular weight is 229 g/mol. The van der Waals surface area contributed by atoms with Crippen LogP contribution in [0.3, 0.4) is 0 Å². The summed E-state index contributed by atoms with van der Waals surface area (Å²) in [6, 6.07) is 0.428. The van der Waals surface area contributed by atoms with Gasteiger partial charge >= 0.3 is 0 Å². The maximum absolute atomic E-state index is 6.05. The van der Waals surface area contributed by atoms with E-state index in [0.29, 0.717) is 22.7 Å². The smallest absolute Gasteiger partial charge is 0.153 e. The Bertz CT molecular complexity index is 325. The van der Waals surface area contributed by atoms with Gasteiger partial charge in [-0.2, -0.15) is 0 Å². The molecule has 0 saturated heterocycles. The van der Waals surface area contributed by atoms with Crippen molar-refractivity contribution in [3.8, 4) is 0 Å². The Hall–Kier alpha value is -1.03. The molecule has 0 atom stereocenters. The van der Waals surface area contributed by atoms with Crippen molar-refractivity contribution in [3.63, 3.8) is 0 Å². The molecule has 1 aromatic rings. The van der Waals surface area contributed by atoms with Crippen LogP contribution in [0.2, 0.25) is 5.02 Å². The van der Waals surface area contributed by atoms with Gasteiger partial charge in [-0.25, -0.2) is 9.97 Å². The van der Waals surface area contributed by atoms with E-state index in [0.717, 1.165) is 12.8 Å². The van der Waals surface area contributed by atoms with Gasteiger partial charge in [-0.05, 0) is 12.8 Å². The predicted molar refractivity (Wildman–Crippen MR) is 64.2 cm³/mol. The van der Waals surface area contributed by atoms with Gasteiger partial charge in [-0.3, -0.25) is 0 Å². The van der Waals surface area contributed by atoms with E-state index in [2.05, 4.69) is 28.7 Å². The summed E-state index contributed by atoms with van der Waals surface area (Å²) in [5.74, 6) is 1.04. The normalized spacial score (nSPS) is 10.7. The predicted octanol–water partition coefficient (Wildman–Crippen LogP) is 2.34. The Labute approximate surface area is 95.5 Å². The van der Waals surface area contributed by atoms with Gasteiger partial charge in [0.25, 0.3) is 0 Å². The molecule has 0 saturated carbocycles. The molecule has 0 spiro atoms. The summed E-state index contributed by atoms with van der Waals surface area (Å²) in [5, 5.41) is 0.437. The fraction of sp³-hybridized carbons (Fsp3) is 0.600. The van der Waals surface area contributed by atoms with Crippen molar-refractivity contribution >= 4 is 23.2 Å². The van der Waals surface area contributed by atoms with Gasteiger partial charge in [0.1, 0.15) is 17.2 Å². The highest BCUT2D eigenvalue weighted by Crippen LogP contribution is 2.28. The van der Waals surface area contributed by atoms with Crippen molar-refractivity contribution in [1.29, 1.82) is 0 Å². The van der Waals surface area contributed by atoms with Crippen LogP contribution in [0.4, 0.5) is 11.6 Å². The lowest BCUT2D eigenvalue weighted by Gasteiger charge is -2.27. The van der Waals surface area contributed by atoms with Gasteiger partial charge in [-0.1, -0.05) is 25.4 Å². The summed E-state index contributed by atoms with van der Waals surface area (Å²) in [4.78, 5) is 10.1. The highest BCUT2D eigenvalue weighted by atomic mass is 35.5. The number of nitrogens with two attached hydrogens (primary N) is 1. The van der Waals surface area contributed by atoms with E-state index in [-0.39, 0.29) is 0 Å². The third-order valence-electron chi connectivity index (χ3n) is 2.62. The molecule has 0 aliphatic rings. The summed E-state index contributed by atoms with van der Waals surface area (Å²) in [7, 11) is 1.98. The first-order chi connectivity index (χ1) is 7.11. The van der Waals surface area contributed by atoms with Crippen LogP contribution in [0.25, 0.3) is 0 Å². The van der Waals surface area contributed by atoms with Crippen molar-refractivity contribution < 1.29 is 0 Å². The molecule has 0 aliphatic heterocycles. The summed E-state index contributed by atoms with van der Waals surface area (Å²) >= 11 is 6.05. The molecule has 0 unspecified atom stereocenters. The zero-order valence-electron chi connectivity index (χ0n) is 9.37. The Morgan fingerprint density at radius 1 is 1.40 bits per heavy atom. The summed E-state index contributed by atoms with van der Waals surface area (Å²) < 4.78 is 0. The minimum Gasteiger partial charge on any atom is -0.382 e. The Balaban J connectivity index is 2.99. The van der Waals surface area contributed by atoms with Crippen LogP contribution in [-0.4, -0.2) is 23.1 Å². The molecule has 0 amide bonds. The fourth-order valence-electron chi connectivity index (χ4n) is 1.63. The minimum atomic E-state index is 0.333. The Kier molecular flexibility index (Phi) is 4.15. The largest absolute Gasteiger partial charge is 0.382 e. The first kappa shape index (κ1) is 12.0. The molecule has 84 valence electrons. The zero-order valence-corrected chi connectivity index (χ0v) is 10.1. The summed E-state index contributed by atoms with van der Waals surface area (Å²) in [5.41, 5.74) is 5.63. The molecule has 0 fully saturated rings. The van der Waals surface area contributed by atoms with E-state index >= 15 is 0 Å². The molecule has 1 aromatic heterocycles. The average Bonchev–Trinajstić information content (AvgIpc) is 2.23. The van der Waals surface area contributed by atoms with E-state index in [9.17, 15) is 0 Å². The Morgan fingerprint density at radius 3 is 2.53 bits per heavy atom. The summed E-state index contributed by atoms with van der Waals surface area (Å²) in [6.07, 6.45) is 3.54. The van der Waals surface area contributed by atoms with E-state index in [1.54, 1.807) is 0 Å². The van der Waals surface area contributed by atoms with Crippen LogP contribution in [0.1, 0.15) is 26.7 Å². The quantitative estimate of drug-likeness (QED) is 0.860. The lowest BCUT2D eigenvalue weighted by molar-refractivity contribution is 0.586. The third-order valence-corrected chi connectivity index (χ3v) is 2.99. The molecule has 0 aromatic carbocycles. The lowest BCUT2D eigenvalue weighted by atomic mass is 10.1. The Morgan fingerprint density at radius 2 is 2.00 bits per heavy atom. The third kappa shape index (κ3) is 2.50. The van der Waals surface area contributed by atoms with Gasteiger partial charge in [0.05, 0.1) is 0 Å². The van der Waals surface area contributed by atoms with Crippen LogP contribution in [-0.2, 0) is 0 Å². The number of halogens is 1. The van der Waals surface area contributed by atoms with Crippen molar-refractivity contribution in [2.75, 3.05) is 17.7 Å². The second kappa shape index (κ2) is 5.16. The zero-order chi connectivity index (χ0) is 11.4. The van der Waals surface area contributed by atoms with E-state index in [1.165, 1.54) is 6.33 Å². The van der Waals surface area contributed by atoms with Crippen molar-refractivity contribution in [3.05, 3.63) is 11.3 Å². The SMILES string of the molecule is CCC(CC)N(C)c1ncnc(N)c1Cl. The lowest BCUT2D eigenvalue weighted by Crippen LogP contribution is -2.31. The molecule has 2 N–H and O–H groups in total. The van der Waals surface area contributed by atoms with Gasteiger partial charge in [0, 0.05) is 13.1 Å². The number of hydrogen-bond donors (Lipinski definition) is 1. The van der Waals surface area contributed by atoms with E-state index in [1.807, 2.05) is 7.05 Å². The topological polar surface area (TPSA) is 55.0 Å². The summed E-state index contributed by atoms with van der Waals surface area (Å²) in [6.45, 7) is 4.28. The van der Waals surface area contributed by atoms with Crippen LogP contribution >= 0.6 is 11.6 Å². The van der Waals surface area contributed by atoms with Gasteiger partial charge in [0.15, 0.2) is 5.82 Å². The first-order valence-electron chi connectivity index (χ1n) is 5.10. The maximum atomic E-state index is 6.05. The van der Waals surface area contributed by atoms with E-state index in [4.69, 9.17) is 17.3 Å². The van der Waals surface area contributed by atoms with Crippen molar-refractivity contribution in [2.24, 2.45) is 0 Å². The maximum Gasteiger partial charge on any atom is 0.153 e. The van der Waals surface area contributed by atoms with Crippen molar-refractivity contribution in [2.45, 2.75) is 32.7 Å². The number of aromatic nitrogens is 2.